The van der Waals surface area contributed by atoms with Crippen LogP contribution in [0, 0.1) is 11.6 Å². The summed E-state index contributed by atoms with van der Waals surface area (Å²) in [4.78, 5) is 11.8. The lowest BCUT2D eigenvalue weighted by molar-refractivity contribution is -0.114. The number of halogens is 2. The van der Waals surface area contributed by atoms with Crippen LogP contribution in [0.25, 0.3) is 0 Å². The zero-order chi connectivity index (χ0) is 16.1. The first-order valence-electron chi connectivity index (χ1n) is 7.04. The summed E-state index contributed by atoms with van der Waals surface area (Å²) < 4.78 is 26.4. The average molecular weight is 304 g/mol. The molecular formula is C17H18F2N2O. The molecule has 0 saturated carbocycles. The predicted octanol–water partition coefficient (Wildman–Crippen LogP) is 4.14. The molecule has 0 radical (unpaired) electrons. The largest absolute Gasteiger partial charge is 0.374 e. The van der Waals surface area contributed by atoms with E-state index in [1.165, 1.54) is 5.56 Å². The van der Waals surface area contributed by atoms with Crippen LogP contribution in [-0.4, -0.2) is 12.5 Å². The Hall–Kier alpha value is -2.43. The number of carbonyl (C=O) groups excluding carboxylic acids is 1. The Morgan fingerprint density at radius 1 is 1.09 bits per heavy atom. The molecule has 0 atom stereocenters. The van der Waals surface area contributed by atoms with Crippen molar-refractivity contribution in [3.05, 3.63) is 59.7 Å². The smallest absolute Gasteiger partial charge is 0.243 e. The third-order valence-electron chi connectivity index (χ3n) is 3.23. The Bertz CT molecular complexity index is 654. The van der Waals surface area contributed by atoms with Gasteiger partial charge in [0, 0.05) is 5.69 Å². The van der Waals surface area contributed by atoms with E-state index in [1.807, 2.05) is 24.3 Å². The molecule has 2 N–H and O–H groups in total. The summed E-state index contributed by atoms with van der Waals surface area (Å²) in [5.41, 5.74) is 1.80. The Morgan fingerprint density at radius 2 is 1.77 bits per heavy atom. The summed E-state index contributed by atoms with van der Waals surface area (Å²) in [6.07, 6.45) is 0. The monoisotopic (exact) mass is 304 g/mol. The topological polar surface area (TPSA) is 41.1 Å². The highest BCUT2D eigenvalue weighted by Crippen LogP contribution is 2.17. The molecule has 0 unspecified atom stereocenters. The first-order chi connectivity index (χ1) is 10.5. The molecule has 0 aliphatic heterocycles. The Morgan fingerprint density at radius 3 is 2.41 bits per heavy atom. The van der Waals surface area contributed by atoms with Crippen molar-refractivity contribution in [2.45, 2.75) is 19.8 Å². The zero-order valence-corrected chi connectivity index (χ0v) is 12.5. The highest BCUT2D eigenvalue weighted by Gasteiger charge is 2.07. The first-order valence-corrected chi connectivity index (χ1v) is 7.04. The number of anilines is 2. The summed E-state index contributed by atoms with van der Waals surface area (Å²) in [5, 5.41) is 5.27. The van der Waals surface area contributed by atoms with Crippen molar-refractivity contribution in [3.63, 3.8) is 0 Å². The van der Waals surface area contributed by atoms with Crippen LogP contribution >= 0.6 is 0 Å². The van der Waals surface area contributed by atoms with E-state index in [2.05, 4.69) is 24.5 Å². The van der Waals surface area contributed by atoms with Crippen molar-refractivity contribution in [2.24, 2.45) is 0 Å². The van der Waals surface area contributed by atoms with Gasteiger partial charge in [-0.1, -0.05) is 26.0 Å². The van der Waals surface area contributed by atoms with Crippen LogP contribution in [0.4, 0.5) is 20.2 Å². The van der Waals surface area contributed by atoms with Gasteiger partial charge in [-0.3, -0.25) is 4.79 Å². The van der Waals surface area contributed by atoms with Gasteiger partial charge in [0.05, 0.1) is 12.2 Å². The van der Waals surface area contributed by atoms with Crippen molar-refractivity contribution in [3.8, 4) is 0 Å². The van der Waals surface area contributed by atoms with Crippen LogP contribution in [0.3, 0.4) is 0 Å². The van der Waals surface area contributed by atoms with Crippen LogP contribution in [-0.2, 0) is 4.79 Å². The van der Waals surface area contributed by atoms with Crippen LogP contribution in [0.5, 0.6) is 0 Å². The molecule has 0 saturated heterocycles. The fourth-order valence-corrected chi connectivity index (χ4v) is 1.97. The number of carbonyl (C=O) groups is 1. The molecule has 2 aromatic carbocycles. The summed E-state index contributed by atoms with van der Waals surface area (Å²) in [5.74, 6) is -1.08. The van der Waals surface area contributed by atoms with E-state index < -0.39 is 11.6 Å². The summed E-state index contributed by atoms with van der Waals surface area (Å²) in [6.45, 7) is 4.03. The van der Waals surface area contributed by atoms with Crippen LogP contribution in [0.1, 0.15) is 25.3 Å². The molecule has 0 bridgehead atoms. The highest BCUT2D eigenvalue weighted by atomic mass is 19.1. The van der Waals surface area contributed by atoms with E-state index in [0.717, 1.165) is 18.2 Å². The Labute approximate surface area is 128 Å². The van der Waals surface area contributed by atoms with Crippen LogP contribution in [0.15, 0.2) is 42.5 Å². The summed E-state index contributed by atoms with van der Waals surface area (Å²) in [7, 11) is 0. The molecule has 116 valence electrons. The fraction of sp³-hybridized carbons (Fsp3) is 0.235. The lowest BCUT2D eigenvalue weighted by atomic mass is 10.0. The van der Waals surface area contributed by atoms with Gasteiger partial charge in [0.1, 0.15) is 11.6 Å². The van der Waals surface area contributed by atoms with E-state index in [-0.39, 0.29) is 18.1 Å². The molecule has 22 heavy (non-hydrogen) atoms. The third kappa shape index (κ3) is 4.28. The molecule has 0 aromatic heterocycles. The molecular weight excluding hydrogens is 286 g/mol. The van der Waals surface area contributed by atoms with Gasteiger partial charge in [0.2, 0.25) is 5.91 Å². The number of hydrogen-bond acceptors (Lipinski definition) is 2. The lowest BCUT2D eigenvalue weighted by Gasteiger charge is -2.10. The SMILES string of the molecule is CC(C)c1ccc(NC(=O)CNc2cc(F)ccc2F)cc1. The summed E-state index contributed by atoms with van der Waals surface area (Å²) in [6, 6.07) is 10.6. The van der Waals surface area contributed by atoms with Crippen molar-refractivity contribution in [2.75, 3.05) is 17.2 Å². The molecule has 0 heterocycles. The van der Waals surface area contributed by atoms with Gasteiger partial charge in [-0.25, -0.2) is 8.78 Å². The number of rotatable bonds is 5. The Balaban J connectivity index is 1.91. The molecule has 0 aliphatic carbocycles. The number of hydrogen-bond donors (Lipinski definition) is 2. The van der Waals surface area contributed by atoms with Crippen molar-refractivity contribution >= 4 is 17.3 Å². The fourth-order valence-electron chi connectivity index (χ4n) is 1.97. The lowest BCUT2D eigenvalue weighted by Crippen LogP contribution is -2.22. The molecule has 0 spiro atoms. The van der Waals surface area contributed by atoms with Crippen molar-refractivity contribution in [1.82, 2.24) is 0 Å². The standard InChI is InChI=1S/C17H18F2N2O/c1-11(2)12-3-6-14(7-4-12)21-17(22)10-20-16-9-13(18)5-8-15(16)19/h3-9,11,20H,10H2,1-2H3,(H,21,22). The van der Waals surface area contributed by atoms with E-state index >= 15 is 0 Å². The maximum absolute atomic E-state index is 13.4. The molecule has 1 amide bonds. The highest BCUT2D eigenvalue weighted by molar-refractivity contribution is 5.93. The van der Waals surface area contributed by atoms with Gasteiger partial charge in [-0.05, 0) is 41.8 Å². The van der Waals surface area contributed by atoms with Gasteiger partial charge in [0.15, 0.2) is 0 Å². The normalized spacial score (nSPS) is 10.6. The number of benzene rings is 2. The van der Waals surface area contributed by atoms with Gasteiger partial charge in [0.25, 0.3) is 0 Å². The minimum atomic E-state index is -0.601. The number of amides is 1. The van der Waals surface area contributed by atoms with Crippen molar-refractivity contribution < 1.29 is 13.6 Å². The second kappa shape index (κ2) is 7.02. The van der Waals surface area contributed by atoms with E-state index in [0.29, 0.717) is 11.6 Å². The predicted molar refractivity (Wildman–Crippen MR) is 84.0 cm³/mol. The maximum atomic E-state index is 13.4. The molecule has 3 nitrogen and oxygen atoms in total. The molecule has 0 aliphatic rings. The van der Waals surface area contributed by atoms with Crippen LogP contribution in [0.2, 0.25) is 0 Å². The van der Waals surface area contributed by atoms with Gasteiger partial charge < -0.3 is 10.6 Å². The maximum Gasteiger partial charge on any atom is 0.243 e. The third-order valence-corrected chi connectivity index (χ3v) is 3.23. The van der Waals surface area contributed by atoms with Crippen molar-refractivity contribution in [1.29, 1.82) is 0 Å². The molecule has 5 heteroatoms. The quantitative estimate of drug-likeness (QED) is 0.871. The van der Waals surface area contributed by atoms with Crippen LogP contribution < -0.4 is 10.6 Å². The van der Waals surface area contributed by atoms with E-state index in [4.69, 9.17) is 0 Å². The second-order valence-electron chi connectivity index (χ2n) is 5.30. The van der Waals surface area contributed by atoms with Gasteiger partial charge in [-0.2, -0.15) is 0 Å². The van der Waals surface area contributed by atoms with E-state index in [1.54, 1.807) is 0 Å². The molecule has 2 aromatic rings. The van der Waals surface area contributed by atoms with Gasteiger partial charge >= 0.3 is 0 Å². The minimum Gasteiger partial charge on any atom is -0.374 e. The summed E-state index contributed by atoms with van der Waals surface area (Å²) >= 11 is 0. The second-order valence-corrected chi connectivity index (χ2v) is 5.30. The first kappa shape index (κ1) is 15.9. The van der Waals surface area contributed by atoms with E-state index in [9.17, 15) is 13.6 Å². The average Bonchev–Trinajstić information content (AvgIpc) is 2.49. The molecule has 0 fully saturated rings. The minimum absolute atomic E-state index is 0.0368. The molecule has 2 rings (SSSR count). The number of nitrogens with one attached hydrogen (secondary N) is 2. The van der Waals surface area contributed by atoms with Gasteiger partial charge in [-0.15, -0.1) is 0 Å². The Kier molecular flexibility index (Phi) is 5.09. The zero-order valence-electron chi connectivity index (χ0n) is 12.5.